The third-order valence-corrected chi connectivity index (χ3v) is 2.16. The number of terminal acetylenes is 1. The summed E-state index contributed by atoms with van der Waals surface area (Å²) in [6.07, 6.45) is 7.28. The fraction of sp³-hybridized carbons (Fsp3) is 0.545. The maximum absolute atomic E-state index is 5.48. The molecule has 0 aliphatic carbocycles. The zero-order valence-electron chi connectivity index (χ0n) is 8.70. The Morgan fingerprint density at radius 2 is 2.15 bits per heavy atom. The Labute approximate surface area is 80.0 Å². The normalized spacial score (nSPS) is 11.7. The maximum Gasteiger partial charge on any atom is 0.0672 e. The summed E-state index contributed by atoms with van der Waals surface area (Å²) in [5.41, 5.74) is 0.867. The molecule has 1 aromatic heterocycles. The molecule has 0 amide bonds. The molecule has 0 aromatic carbocycles. The van der Waals surface area contributed by atoms with E-state index in [1.807, 2.05) is 24.6 Å². The first-order valence-electron chi connectivity index (χ1n) is 4.51. The zero-order valence-corrected chi connectivity index (χ0v) is 8.70. The minimum absolute atomic E-state index is 0.235. The highest BCUT2D eigenvalue weighted by Crippen LogP contribution is 2.23. The van der Waals surface area contributed by atoms with Gasteiger partial charge in [0.05, 0.1) is 11.1 Å². The van der Waals surface area contributed by atoms with Crippen LogP contribution in [0, 0.1) is 12.3 Å². The Balaban J connectivity index is 3.16. The van der Waals surface area contributed by atoms with E-state index < -0.39 is 0 Å². The Bertz CT molecular complexity index is 326. The SMILES string of the molecule is C#CC(C)(C)c1ccnn1C(C)C. The number of aromatic nitrogens is 2. The molecule has 0 N–H and O–H groups in total. The fourth-order valence-electron chi connectivity index (χ4n) is 1.29. The van der Waals surface area contributed by atoms with E-state index in [4.69, 9.17) is 6.42 Å². The van der Waals surface area contributed by atoms with Crippen molar-refractivity contribution in [3.63, 3.8) is 0 Å². The van der Waals surface area contributed by atoms with Crippen molar-refractivity contribution in [3.8, 4) is 12.3 Å². The molecule has 0 unspecified atom stereocenters. The summed E-state index contributed by atoms with van der Waals surface area (Å²) in [4.78, 5) is 0. The molecule has 1 rings (SSSR count). The van der Waals surface area contributed by atoms with Crippen LogP contribution in [-0.4, -0.2) is 9.78 Å². The Morgan fingerprint density at radius 1 is 1.54 bits per heavy atom. The minimum atomic E-state index is -0.235. The van der Waals surface area contributed by atoms with Gasteiger partial charge < -0.3 is 0 Å². The summed E-state index contributed by atoms with van der Waals surface area (Å²) < 4.78 is 1.97. The van der Waals surface area contributed by atoms with Crippen LogP contribution in [0.3, 0.4) is 0 Å². The molecule has 0 bridgehead atoms. The molecule has 0 atom stereocenters. The average molecular weight is 176 g/mol. The Kier molecular flexibility index (Phi) is 2.47. The third-order valence-electron chi connectivity index (χ3n) is 2.16. The minimum Gasteiger partial charge on any atom is -0.266 e. The highest BCUT2D eigenvalue weighted by atomic mass is 15.3. The van der Waals surface area contributed by atoms with Gasteiger partial charge in [-0.05, 0) is 33.8 Å². The lowest BCUT2D eigenvalue weighted by Gasteiger charge is -2.21. The first kappa shape index (κ1) is 9.85. The van der Waals surface area contributed by atoms with Gasteiger partial charge in [0.2, 0.25) is 0 Å². The van der Waals surface area contributed by atoms with Crippen molar-refractivity contribution in [2.24, 2.45) is 0 Å². The van der Waals surface area contributed by atoms with Gasteiger partial charge in [-0.15, -0.1) is 6.42 Å². The van der Waals surface area contributed by atoms with Gasteiger partial charge in [0.25, 0.3) is 0 Å². The van der Waals surface area contributed by atoms with Crippen molar-refractivity contribution < 1.29 is 0 Å². The molecule has 70 valence electrons. The summed E-state index contributed by atoms with van der Waals surface area (Å²) in [5, 5.41) is 4.25. The van der Waals surface area contributed by atoms with Crippen LogP contribution in [0.4, 0.5) is 0 Å². The Hall–Kier alpha value is -1.23. The highest BCUT2D eigenvalue weighted by Gasteiger charge is 2.22. The second-order valence-corrected chi connectivity index (χ2v) is 4.02. The standard InChI is InChI=1S/C11H16N2/c1-6-11(4,5)10-7-8-12-13(10)9(2)3/h1,7-9H,2-5H3. The molecule has 0 saturated heterocycles. The number of hydrogen-bond acceptors (Lipinski definition) is 1. The molecule has 1 aromatic rings. The van der Waals surface area contributed by atoms with E-state index in [0.717, 1.165) is 5.69 Å². The summed E-state index contributed by atoms with van der Waals surface area (Å²) >= 11 is 0. The van der Waals surface area contributed by atoms with Gasteiger partial charge >= 0.3 is 0 Å². The van der Waals surface area contributed by atoms with Crippen molar-refractivity contribution in [2.75, 3.05) is 0 Å². The van der Waals surface area contributed by atoms with Crippen LogP contribution in [0.5, 0.6) is 0 Å². The van der Waals surface area contributed by atoms with E-state index in [1.165, 1.54) is 0 Å². The molecule has 0 aliphatic rings. The molecule has 1 heterocycles. The van der Waals surface area contributed by atoms with E-state index in [9.17, 15) is 0 Å². The van der Waals surface area contributed by atoms with Crippen LogP contribution in [-0.2, 0) is 5.41 Å². The van der Waals surface area contributed by atoms with Crippen molar-refractivity contribution in [3.05, 3.63) is 18.0 Å². The van der Waals surface area contributed by atoms with Gasteiger partial charge in [0, 0.05) is 12.2 Å². The molecule has 13 heavy (non-hydrogen) atoms. The third kappa shape index (κ3) is 1.75. The topological polar surface area (TPSA) is 17.8 Å². The van der Waals surface area contributed by atoms with Gasteiger partial charge in [-0.2, -0.15) is 5.10 Å². The van der Waals surface area contributed by atoms with Crippen LogP contribution in [0.1, 0.15) is 39.4 Å². The molecule has 2 nitrogen and oxygen atoms in total. The second kappa shape index (κ2) is 3.26. The number of rotatable bonds is 2. The molecular weight excluding hydrogens is 160 g/mol. The summed E-state index contributed by atoms with van der Waals surface area (Å²) in [6.45, 7) is 8.26. The zero-order chi connectivity index (χ0) is 10.1. The maximum atomic E-state index is 5.48. The van der Waals surface area contributed by atoms with Crippen LogP contribution in [0.15, 0.2) is 12.3 Å². The van der Waals surface area contributed by atoms with Crippen molar-refractivity contribution in [1.29, 1.82) is 0 Å². The molecule has 0 fully saturated rings. The first-order valence-corrected chi connectivity index (χ1v) is 4.51. The van der Waals surface area contributed by atoms with Gasteiger partial charge in [0.1, 0.15) is 0 Å². The van der Waals surface area contributed by atoms with Crippen molar-refractivity contribution in [1.82, 2.24) is 9.78 Å². The fourth-order valence-corrected chi connectivity index (χ4v) is 1.29. The molecular formula is C11H16N2. The Morgan fingerprint density at radius 3 is 2.62 bits per heavy atom. The van der Waals surface area contributed by atoms with Crippen molar-refractivity contribution in [2.45, 2.75) is 39.2 Å². The van der Waals surface area contributed by atoms with Crippen molar-refractivity contribution >= 4 is 0 Å². The lowest BCUT2D eigenvalue weighted by molar-refractivity contribution is 0.474. The van der Waals surface area contributed by atoms with E-state index >= 15 is 0 Å². The lowest BCUT2D eigenvalue weighted by atomic mass is 9.90. The average Bonchev–Trinajstić information content (AvgIpc) is 2.52. The smallest absolute Gasteiger partial charge is 0.0672 e. The number of hydrogen-bond donors (Lipinski definition) is 0. The quantitative estimate of drug-likeness (QED) is 0.632. The predicted molar refractivity (Wildman–Crippen MR) is 54.5 cm³/mol. The monoisotopic (exact) mass is 176 g/mol. The van der Waals surface area contributed by atoms with E-state index in [2.05, 4.69) is 24.9 Å². The molecule has 0 aliphatic heterocycles. The van der Waals surface area contributed by atoms with Crippen LogP contribution < -0.4 is 0 Å². The van der Waals surface area contributed by atoms with Crippen LogP contribution in [0.2, 0.25) is 0 Å². The molecule has 2 heteroatoms. The van der Waals surface area contributed by atoms with Gasteiger partial charge in [-0.3, -0.25) is 4.68 Å². The second-order valence-electron chi connectivity index (χ2n) is 4.02. The van der Waals surface area contributed by atoms with Crippen LogP contribution >= 0.6 is 0 Å². The van der Waals surface area contributed by atoms with E-state index in [-0.39, 0.29) is 5.41 Å². The predicted octanol–water partition coefficient (Wildman–Crippen LogP) is 2.37. The summed E-state index contributed by atoms with van der Waals surface area (Å²) in [5.74, 6) is 2.78. The van der Waals surface area contributed by atoms with Gasteiger partial charge in [-0.25, -0.2) is 0 Å². The van der Waals surface area contributed by atoms with Gasteiger partial charge in [0.15, 0.2) is 0 Å². The highest BCUT2D eigenvalue weighted by molar-refractivity contribution is 5.25. The lowest BCUT2D eigenvalue weighted by Crippen LogP contribution is -2.21. The van der Waals surface area contributed by atoms with Crippen LogP contribution in [0.25, 0.3) is 0 Å². The van der Waals surface area contributed by atoms with Gasteiger partial charge in [-0.1, -0.05) is 5.92 Å². The summed E-state index contributed by atoms with van der Waals surface area (Å²) in [7, 11) is 0. The molecule has 0 spiro atoms. The van der Waals surface area contributed by atoms with E-state index in [1.54, 1.807) is 6.20 Å². The molecule has 0 radical (unpaired) electrons. The number of nitrogens with zero attached hydrogens (tertiary/aromatic N) is 2. The molecule has 0 saturated carbocycles. The van der Waals surface area contributed by atoms with E-state index in [0.29, 0.717) is 6.04 Å². The first-order chi connectivity index (χ1) is 5.99. The largest absolute Gasteiger partial charge is 0.266 e. The summed E-state index contributed by atoms with van der Waals surface area (Å²) in [6, 6.07) is 2.34.